The molecule has 146 valence electrons. The molecule has 2 rings (SSSR count). The van der Waals surface area contributed by atoms with Crippen LogP contribution in [0.5, 0.6) is 0 Å². The number of nitrogens with one attached hydrogen (secondary N) is 3. The molecule has 1 fully saturated rings. The van der Waals surface area contributed by atoms with Gasteiger partial charge in [-0.05, 0) is 63.3 Å². The Morgan fingerprint density at radius 2 is 1.93 bits per heavy atom. The molecule has 27 heavy (non-hydrogen) atoms. The Kier molecular flexibility index (Phi) is 6.98. The van der Waals surface area contributed by atoms with E-state index in [1.54, 1.807) is 45.0 Å². The zero-order valence-electron chi connectivity index (χ0n) is 16.0. The van der Waals surface area contributed by atoms with Crippen molar-refractivity contribution in [3.05, 3.63) is 42.0 Å². The van der Waals surface area contributed by atoms with Gasteiger partial charge in [0.05, 0.1) is 0 Å². The molecule has 0 saturated heterocycles. The molecular formula is C20H27N3O4. The highest BCUT2D eigenvalue weighted by atomic mass is 16.6. The van der Waals surface area contributed by atoms with Gasteiger partial charge in [-0.1, -0.05) is 18.2 Å². The smallest absolute Gasteiger partial charge is 0.408 e. The second-order valence-electron chi connectivity index (χ2n) is 7.52. The monoisotopic (exact) mass is 373 g/mol. The van der Waals surface area contributed by atoms with Gasteiger partial charge in [-0.3, -0.25) is 9.59 Å². The number of amides is 3. The number of hydrogen-bond acceptors (Lipinski definition) is 4. The lowest BCUT2D eigenvalue weighted by Crippen LogP contribution is -2.37. The highest BCUT2D eigenvalue weighted by Crippen LogP contribution is 2.29. The van der Waals surface area contributed by atoms with Crippen LogP contribution in [0.1, 0.15) is 39.2 Å². The zero-order chi connectivity index (χ0) is 19.9. The Balaban J connectivity index is 1.76. The lowest BCUT2D eigenvalue weighted by Gasteiger charge is -2.19. The van der Waals surface area contributed by atoms with Gasteiger partial charge in [0, 0.05) is 12.2 Å². The van der Waals surface area contributed by atoms with Crippen molar-refractivity contribution >= 4 is 23.6 Å². The van der Waals surface area contributed by atoms with Gasteiger partial charge in [0.25, 0.3) is 0 Å². The third-order valence-corrected chi connectivity index (χ3v) is 3.61. The Morgan fingerprint density at radius 1 is 1.19 bits per heavy atom. The molecule has 0 unspecified atom stereocenters. The Morgan fingerprint density at radius 3 is 2.59 bits per heavy atom. The minimum Gasteiger partial charge on any atom is -0.444 e. The fraction of sp³-hybridized carbons (Fsp3) is 0.450. The number of ether oxygens (including phenoxy) is 1. The summed E-state index contributed by atoms with van der Waals surface area (Å²) in [6.07, 6.45) is 5.19. The molecule has 0 radical (unpaired) electrons. The second-order valence-corrected chi connectivity index (χ2v) is 7.52. The average Bonchev–Trinajstić information content (AvgIpc) is 3.39. The number of alkyl carbamates (subject to hydrolysis) is 1. The van der Waals surface area contributed by atoms with E-state index in [4.69, 9.17) is 4.74 Å². The van der Waals surface area contributed by atoms with Crippen molar-refractivity contribution < 1.29 is 19.1 Å². The quantitative estimate of drug-likeness (QED) is 0.640. The first kappa shape index (κ1) is 20.5. The van der Waals surface area contributed by atoms with Crippen molar-refractivity contribution in [2.75, 3.05) is 11.9 Å². The third kappa shape index (κ3) is 8.89. The first-order valence-corrected chi connectivity index (χ1v) is 9.03. The van der Waals surface area contributed by atoms with Crippen LogP contribution < -0.4 is 16.0 Å². The molecule has 0 bridgehead atoms. The molecule has 1 aromatic carbocycles. The molecule has 1 aliphatic rings. The van der Waals surface area contributed by atoms with Crippen LogP contribution >= 0.6 is 0 Å². The zero-order valence-corrected chi connectivity index (χ0v) is 16.0. The fourth-order valence-electron chi connectivity index (χ4n) is 2.19. The van der Waals surface area contributed by atoms with E-state index < -0.39 is 11.7 Å². The topological polar surface area (TPSA) is 96.5 Å². The van der Waals surface area contributed by atoms with Gasteiger partial charge in [0.15, 0.2) is 0 Å². The van der Waals surface area contributed by atoms with Crippen LogP contribution in [-0.2, 0) is 20.9 Å². The van der Waals surface area contributed by atoms with Crippen LogP contribution in [0, 0.1) is 5.92 Å². The first-order valence-electron chi connectivity index (χ1n) is 9.03. The van der Waals surface area contributed by atoms with Crippen molar-refractivity contribution in [3.8, 4) is 0 Å². The predicted octanol–water partition coefficient (Wildman–Crippen LogP) is 2.73. The van der Waals surface area contributed by atoms with E-state index in [0.717, 1.165) is 18.4 Å². The normalized spacial score (nSPS) is 13.9. The van der Waals surface area contributed by atoms with E-state index in [-0.39, 0.29) is 18.4 Å². The second kappa shape index (κ2) is 9.21. The third-order valence-electron chi connectivity index (χ3n) is 3.61. The summed E-state index contributed by atoms with van der Waals surface area (Å²) in [4.78, 5) is 35.3. The molecule has 0 heterocycles. The van der Waals surface area contributed by atoms with E-state index in [1.807, 2.05) is 12.1 Å². The van der Waals surface area contributed by atoms with Gasteiger partial charge < -0.3 is 20.7 Å². The summed E-state index contributed by atoms with van der Waals surface area (Å²) in [5, 5.41) is 7.92. The summed E-state index contributed by atoms with van der Waals surface area (Å²) in [5.41, 5.74) is 0.833. The minimum atomic E-state index is -0.645. The number of allylic oxidation sites excluding steroid dienone is 1. The molecule has 1 aromatic rings. The fourth-order valence-corrected chi connectivity index (χ4v) is 2.19. The molecule has 0 aromatic heterocycles. The number of benzene rings is 1. The largest absolute Gasteiger partial charge is 0.444 e. The lowest BCUT2D eigenvalue weighted by molar-refractivity contribution is -0.117. The highest BCUT2D eigenvalue weighted by molar-refractivity contribution is 5.94. The summed E-state index contributed by atoms with van der Waals surface area (Å²) in [7, 11) is 0. The number of carbonyl (C=O) groups is 3. The maximum Gasteiger partial charge on any atom is 0.408 e. The number of carbonyl (C=O) groups excluding carboxylic acids is 3. The van der Waals surface area contributed by atoms with E-state index >= 15 is 0 Å². The van der Waals surface area contributed by atoms with Crippen LogP contribution in [0.25, 0.3) is 0 Å². The van der Waals surface area contributed by atoms with Crippen molar-refractivity contribution in [1.29, 1.82) is 0 Å². The van der Waals surface area contributed by atoms with E-state index in [9.17, 15) is 14.4 Å². The molecule has 7 heteroatoms. The average molecular weight is 373 g/mol. The number of hydrogen-bond donors (Lipinski definition) is 3. The molecular weight excluding hydrogens is 346 g/mol. The summed E-state index contributed by atoms with van der Waals surface area (Å²) in [6.45, 7) is 5.42. The maximum atomic E-state index is 12.0. The van der Waals surface area contributed by atoms with Gasteiger partial charge in [0.1, 0.15) is 12.1 Å². The van der Waals surface area contributed by atoms with Crippen LogP contribution in [0.3, 0.4) is 0 Å². The molecule has 7 nitrogen and oxygen atoms in total. The van der Waals surface area contributed by atoms with Crippen LogP contribution in [0.2, 0.25) is 0 Å². The Hall–Kier alpha value is -2.83. The molecule has 0 atom stereocenters. The summed E-state index contributed by atoms with van der Waals surface area (Å²) < 4.78 is 5.07. The minimum absolute atomic E-state index is 0.127. The van der Waals surface area contributed by atoms with Crippen molar-refractivity contribution in [2.24, 2.45) is 5.92 Å². The number of anilines is 1. The van der Waals surface area contributed by atoms with Crippen LogP contribution in [0.15, 0.2) is 36.4 Å². The predicted molar refractivity (Wildman–Crippen MR) is 103 cm³/mol. The standard InChI is InChI=1S/C20H27N3O4/c1-20(2,3)27-19(26)22-13-18(25)23-16-6-4-5-15(11-16)12-21-17(24)10-9-14-7-8-14/h4-6,9-11,14H,7-8,12-13H2,1-3H3,(H,21,24)(H,22,26)(H,23,25)/b10-9+. The molecule has 3 N–H and O–H groups in total. The molecule has 0 aliphatic heterocycles. The van der Waals surface area contributed by atoms with Gasteiger partial charge >= 0.3 is 6.09 Å². The molecule has 0 spiro atoms. The van der Waals surface area contributed by atoms with Crippen LogP contribution in [0.4, 0.5) is 10.5 Å². The summed E-state index contributed by atoms with van der Waals surface area (Å²) in [5.74, 6) is 0.0656. The molecule has 3 amide bonds. The SMILES string of the molecule is CC(C)(C)OC(=O)NCC(=O)Nc1cccc(CNC(=O)/C=C/C2CC2)c1. The van der Waals surface area contributed by atoms with E-state index in [0.29, 0.717) is 18.2 Å². The Labute approximate surface area is 159 Å². The van der Waals surface area contributed by atoms with Crippen molar-refractivity contribution in [2.45, 2.75) is 45.8 Å². The van der Waals surface area contributed by atoms with Gasteiger partial charge in [0.2, 0.25) is 11.8 Å². The first-order chi connectivity index (χ1) is 12.7. The van der Waals surface area contributed by atoms with Crippen molar-refractivity contribution in [1.82, 2.24) is 10.6 Å². The summed E-state index contributed by atoms with van der Waals surface area (Å²) >= 11 is 0. The summed E-state index contributed by atoms with van der Waals surface area (Å²) in [6, 6.07) is 7.16. The molecule has 1 aliphatic carbocycles. The van der Waals surface area contributed by atoms with Crippen LogP contribution in [-0.4, -0.2) is 30.1 Å². The molecule has 1 saturated carbocycles. The lowest BCUT2D eigenvalue weighted by atomic mass is 10.2. The van der Waals surface area contributed by atoms with E-state index in [2.05, 4.69) is 16.0 Å². The van der Waals surface area contributed by atoms with Gasteiger partial charge in [-0.2, -0.15) is 0 Å². The maximum absolute atomic E-state index is 12.0. The van der Waals surface area contributed by atoms with Gasteiger partial charge in [-0.25, -0.2) is 4.79 Å². The number of rotatable bonds is 7. The Bertz CT molecular complexity index is 718. The van der Waals surface area contributed by atoms with Gasteiger partial charge in [-0.15, -0.1) is 0 Å². The van der Waals surface area contributed by atoms with Crippen molar-refractivity contribution in [3.63, 3.8) is 0 Å². The van der Waals surface area contributed by atoms with E-state index in [1.165, 1.54) is 0 Å². The highest BCUT2D eigenvalue weighted by Gasteiger charge is 2.18.